The zero-order valence-corrected chi connectivity index (χ0v) is 18.4. The Kier molecular flexibility index (Phi) is 6.71. The first-order chi connectivity index (χ1) is 14.7. The first kappa shape index (κ1) is 22.4. The Balaban J connectivity index is 1.47. The molecule has 0 spiro atoms. The van der Waals surface area contributed by atoms with E-state index in [-0.39, 0.29) is 24.3 Å². The fourth-order valence-corrected chi connectivity index (χ4v) is 4.48. The molecule has 0 unspecified atom stereocenters. The van der Waals surface area contributed by atoms with Gasteiger partial charge in [-0.15, -0.1) is 0 Å². The molecule has 0 aliphatic carbocycles. The molecule has 0 atom stereocenters. The summed E-state index contributed by atoms with van der Waals surface area (Å²) < 4.78 is 29.1. The lowest BCUT2D eigenvalue weighted by atomic mass is 10.2. The van der Waals surface area contributed by atoms with E-state index in [0.29, 0.717) is 11.4 Å². The van der Waals surface area contributed by atoms with Gasteiger partial charge in [-0.3, -0.25) is 20.4 Å². The van der Waals surface area contributed by atoms with E-state index in [1.165, 1.54) is 0 Å². The fourth-order valence-electron chi connectivity index (χ4n) is 3.12. The highest BCUT2D eigenvalue weighted by molar-refractivity contribution is 7.89. The molecule has 0 saturated heterocycles. The summed E-state index contributed by atoms with van der Waals surface area (Å²) in [6, 6.07) is 12.7. The maximum atomic E-state index is 12.4. The maximum Gasteiger partial charge on any atom is 0.245 e. The number of aryl methyl sites for hydroxylation is 3. The van der Waals surface area contributed by atoms with Crippen LogP contribution in [0.15, 0.2) is 47.4 Å². The summed E-state index contributed by atoms with van der Waals surface area (Å²) in [5.41, 5.74) is 7.76. The van der Waals surface area contributed by atoms with E-state index >= 15 is 0 Å². The molecule has 0 aliphatic rings. The Morgan fingerprint density at radius 1 is 1.03 bits per heavy atom. The number of nitrogens with one attached hydrogen (secondary N) is 3. The number of rotatable bonds is 7. The SMILES string of the molecule is Cc1ccc(C)c(S(=O)(=O)NCCC(=O)NNC(=O)Cc2nc3ccccc3n2C)c1. The highest BCUT2D eigenvalue weighted by atomic mass is 32.2. The topological polar surface area (TPSA) is 122 Å². The molecule has 3 N–H and O–H groups in total. The van der Waals surface area contributed by atoms with Gasteiger partial charge in [-0.25, -0.2) is 18.1 Å². The number of carbonyl (C=O) groups excluding carboxylic acids is 2. The molecule has 3 rings (SSSR count). The second-order valence-electron chi connectivity index (χ2n) is 7.27. The molecule has 9 nitrogen and oxygen atoms in total. The number of sulfonamides is 1. The van der Waals surface area contributed by atoms with Crippen LogP contribution in [0.4, 0.5) is 0 Å². The molecular formula is C21H25N5O4S. The summed E-state index contributed by atoms with van der Waals surface area (Å²) in [5.74, 6) is -0.376. The molecule has 0 bridgehead atoms. The van der Waals surface area contributed by atoms with Gasteiger partial charge < -0.3 is 4.57 Å². The third-order valence-electron chi connectivity index (χ3n) is 4.82. The first-order valence-electron chi connectivity index (χ1n) is 9.72. The predicted molar refractivity (Wildman–Crippen MR) is 116 cm³/mol. The normalized spacial score (nSPS) is 11.5. The molecule has 2 amide bonds. The van der Waals surface area contributed by atoms with E-state index in [0.717, 1.165) is 16.6 Å². The summed E-state index contributed by atoms with van der Waals surface area (Å²) in [6.45, 7) is 3.42. The lowest BCUT2D eigenvalue weighted by Crippen LogP contribution is -2.43. The maximum absolute atomic E-state index is 12.4. The van der Waals surface area contributed by atoms with Crippen LogP contribution in [0.2, 0.25) is 0 Å². The molecular weight excluding hydrogens is 418 g/mol. The van der Waals surface area contributed by atoms with Crippen molar-refractivity contribution in [3.63, 3.8) is 0 Å². The van der Waals surface area contributed by atoms with Crippen molar-refractivity contribution >= 4 is 32.9 Å². The molecule has 1 aromatic heterocycles. The van der Waals surface area contributed by atoms with Crippen molar-refractivity contribution in [2.24, 2.45) is 7.05 Å². The van der Waals surface area contributed by atoms with Crippen LogP contribution in [-0.2, 0) is 33.1 Å². The number of hydrogen-bond acceptors (Lipinski definition) is 5. The number of carbonyl (C=O) groups is 2. The quantitative estimate of drug-likeness (QED) is 0.475. The summed E-state index contributed by atoms with van der Waals surface area (Å²) in [5, 5.41) is 0. The summed E-state index contributed by atoms with van der Waals surface area (Å²) in [7, 11) is -1.91. The monoisotopic (exact) mass is 443 g/mol. The van der Waals surface area contributed by atoms with Crippen LogP contribution in [-0.4, -0.2) is 36.3 Å². The number of benzene rings is 2. The molecule has 0 radical (unpaired) electrons. The van der Waals surface area contributed by atoms with Crippen LogP contribution in [0.3, 0.4) is 0 Å². The van der Waals surface area contributed by atoms with E-state index in [4.69, 9.17) is 0 Å². The number of hydrogen-bond donors (Lipinski definition) is 3. The van der Waals surface area contributed by atoms with Gasteiger partial charge in [0.25, 0.3) is 0 Å². The van der Waals surface area contributed by atoms with Crippen molar-refractivity contribution in [3.8, 4) is 0 Å². The van der Waals surface area contributed by atoms with Gasteiger partial charge in [0.2, 0.25) is 21.8 Å². The van der Waals surface area contributed by atoms with Gasteiger partial charge in [0, 0.05) is 20.0 Å². The molecule has 1 heterocycles. The van der Waals surface area contributed by atoms with Gasteiger partial charge in [0.05, 0.1) is 22.3 Å². The van der Waals surface area contributed by atoms with Crippen LogP contribution >= 0.6 is 0 Å². The highest BCUT2D eigenvalue weighted by Crippen LogP contribution is 2.16. The summed E-state index contributed by atoms with van der Waals surface area (Å²) in [6.07, 6.45) is -0.138. The highest BCUT2D eigenvalue weighted by Gasteiger charge is 2.17. The van der Waals surface area contributed by atoms with Crippen LogP contribution < -0.4 is 15.6 Å². The van der Waals surface area contributed by atoms with Crippen molar-refractivity contribution in [1.82, 2.24) is 25.1 Å². The Morgan fingerprint density at radius 2 is 1.74 bits per heavy atom. The molecule has 10 heteroatoms. The van der Waals surface area contributed by atoms with Gasteiger partial charge in [0.15, 0.2) is 0 Å². The van der Waals surface area contributed by atoms with Gasteiger partial charge in [-0.05, 0) is 43.2 Å². The summed E-state index contributed by atoms with van der Waals surface area (Å²) in [4.78, 5) is 28.7. The fraction of sp³-hybridized carbons (Fsp3) is 0.286. The van der Waals surface area contributed by atoms with Crippen molar-refractivity contribution in [1.29, 1.82) is 0 Å². The molecule has 164 valence electrons. The van der Waals surface area contributed by atoms with Gasteiger partial charge in [-0.1, -0.05) is 24.3 Å². The molecule has 0 fully saturated rings. The Labute approximate surface area is 180 Å². The van der Waals surface area contributed by atoms with E-state index in [1.807, 2.05) is 48.9 Å². The minimum absolute atomic E-state index is 0.00920. The zero-order valence-electron chi connectivity index (χ0n) is 17.6. The minimum atomic E-state index is -3.73. The minimum Gasteiger partial charge on any atom is -0.331 e. The molecule has 31 heavy (non-hydrogen) atoms. The van der Waals surface area contributed by atoms with E-state index in [1.54, 1.807) is 19.1 Å². The van der Waals surface area contributed by atoms with Crippen molar-refractivity contribution < 1.29 is 18.0 Å². The van der Waals surface area contributed by atoms with E-state index in [2.05, 4.69) is 20.6 Å². The van der Waals surface area contributed by atoms with Gasteiger partial charge in [-0.2, -0.15) is 0 Å². The van der Waals surface area contributed by atoms with Crippen LogP contribution in [0, 0.1) is 13.8 Å². The Morgan fingerprint density at radius 3 is 2.48 bits per heavy atom. The third kappa shape index (κ3) is 5.47. The standard InChI is InChI=1S/C21H25N5O4S/c1-14-8-9-15(2)18(12-14)31(29,30)22-11-10-20(27)24-25-21(28)13-19-23-16-6-4-5-7-17(16)26(19)3/h4-9,12,22H,10-11,13H2,1-3H3,(H,24,27)(H,25,28). The van der Waals surface area contributed by atoms with E-state index < -0.39 is 21.8 Å². The lowest BCUT2D eigenvalue weighted by Gasteiger charge is -2.11. The number of hydrazine groups is 1. The van der Waals surface area contributed by atoms with Gasteiger partial charge >= 0.3 is 0 Å². The van der Waals surface area contributed by atoms with Crippen LogP contribution in [0.1, 0.15) is 23.4 Å². The second kappa shape index (κ2) is 9.27. The lowest BCUT2D eigenvalue weighted by molar-refractivity contribution is -0.128. The molecule has 0 saturated carbocycles. The average molecular weight is 444 g/mol. The predicted octanol–water partition coefficient (Wildman–Crippen LogP) is 1.25. The number of fused-ring (bicyclic) bond motifs is 1. The van der Waals surface area contributed by atoms with Crippen LogP contribution in [0.5, 0.6) is 0 Å². The Hall–Kier alpha value is -3.24. The molecule has 3 aromatic rings. The number of amides is 2. The third-order valence-corrected chi connectivity index (χ3v) is 6.42. The Bertz CT molecular complexity index is 1230. The van der Waals surface area contributed by atoms with Crippen molar-refractivity contribution in [3.05, 3.63) is 59.4 Å². The number of imidazole rings is 1. The second-order valence-corrected chi connectivity index (χ2v) is 9.00. The summed E-state index contributed by atoms with van der Waals surface area (Å²) >= 11 is 0. The van der Waals surface area contributed by atoms with Crippen LogP contribution in [0.25, 0.3) is 11.0 Å². The van der Waals surface area contributed by atoms with Crippen molar-refractivity contribution in [2.75, 3.05) is 6.54 Å². The molecule has 0 aliphatic heterocycles. The zero-order chi connectivity index (χ0) is 22.6. The number of nitrogens with zero attached hydrogens (tertiary/aromatic N) is 2. The largest absolute Gasteiger partial charge is 0.331 e. The first-order valence-corrected chi connectivity index (χ1v) is 11.2. The van der Waals surface area contributed by atoms with Gasteiger partial charge in [0.1, 0.15) is 5.82 Å². The number of para-hydroxylation sites is 2. The van der Waals surface area contributed by atoms with Crippen molar-refractivity contribution in [2.45, 2.75) is 31.6 Å². The average Bonchev–Trinajstić information content (AvgIpc) is 3.03. The van der Waals surface area contributed by atoms with E-state index in [9.17, 15) is 18.0 Å². The smallest absolute Gasteiger partial charge is 0.245 e. The molecule has 2 aromatic carbocycles. The number of aromatic nitrogens is 2.